The number of rotatable bonds is 2. The minimum Gasteiger partial charge on any atom is -0.327 e. The van der Waals surface area contributed by atoms with Crippen LogP contribution >= 0.6 is 0 Å². The lowest BCUT2D eigenvalue weighted by Gasteiger charge is -2.17. The zero-order chi connectivity index (χ0) is 12.0. The Morgan fingerprint density at radius 1 is 1.11 bits per heavy atom. The summed E-state index contributed by atoms with van der Waals surface area (Å²) in [5.41, 5.74) is 2.56. The standard InChI is InChI=1S/C15H13N3/c1-2-12-10-13(3-4-14(12)17-7-1)15(5-6-15)18-9-8-16-11-18/h1-4,7-11H,5-6H2. The predicted octanol–water partition coefficient (Wildman–Crippen LogP) is 2.97. The van der Waals surface area contributed by atoms with E-state index in [9.17, 15) is 0 Å². The largest absolute Gasteiger partial charge is 0.327 e. The van der Waals surface area contributed by atoms with Gasteiger partial charge in [0.15, 0.2) is 0 Å². The minimum atomic E-state index is 0.139. The minimum absolute atomic E-state index is 0.139. The van der Waals surface area contributed by atoms with Gasteiger partial charge in [0.1, 0.15) is 0 Å². The Kier molecular flexibility index (Phi) is 1.87. The first-order chi connectivity index (χ1) is 8.88. The van der Waals surface area contributed by atoms with Crippen LogP contribution in [-0.4, -0.2) is 14.5 Å². The third-order valence-corrected chi connectivity index (χ3v) is 3.86. The van der Waals surface area contributed by atoms with Crippen LogP contribution in [0, 0.1) is 0 Å². The average Bonchev–Trinajstić information content (AvgIpc) is 3.05. The molecule has 0 amide bonds. The van der Waals surface area contributed by atoms with Gasteiger partial charge in [0, 0.05) is 24.0 Å². The summed E-state index contributed by atoms with van der Waals surface area (Å²) in [4.78, 5) is 8.54. The normalized spacial score (nSPS) is 16.9. The average molecular weight is 235 g/mol. The fraction of sp³-hybridized carbons (Fsp3) is 0.200. The van der Waals surface area contributed by atoms with Gasteiger partial charge in [-0.25, -0.2) is 4.98 Å². The first kappa shape index (κ1) is 9.83. The van der Waals surface area contributed by atoms with Gasteiger partial charge >= 0.3 is 0 Å². The van der Waals surface area contributed by atoms with E-state index in [-0.39, 0.29) is 5.54 Å². The second kappa shape index (κ2) is 3.42. The molecular formula is C15H13N3. The molecule has 0 bridgehead atoms. The van der Waals surface area contributed by atoms with E-state index in [4.69, 9.17) is 0 Å². The number of imidazole rings is 1. The maximum atomic E-state index is 4.37. The zero-order valence-corrected chi connectivity index (χ0v) is 9.95. The Balaban J connectivity index is 1.88. The molecule has 0 saturated heterocycles. The Bertz CT molecular complexity index is 697. The van der Waals surface area contributed by atoms with Crippen LogP contribution in [-0.2, 0) is 5.54 Å². The van der Waals surface area contributed by atoms with E-state index in [1.165, 1.54) is 23.8 Å². The molecule has 88 valence electrons. The van der Waals surface area contributed by atoms with E-state index in [1.54, 1.807) is 0 Å². The molecule has 18 heavy (non-hydrogen) atoms. The predicted molar refractivity (Wildman–Crippen MR) is 70.3 cm³/mol. The number of pyridine rings is 1. The number of hydrogen-bond acceptors (Lipinski definition) is 2. The highest BCUT2D eigenvalue weighted by Crippen LogP contribution is 2.49. The Morgan fingerprint density at radius 2 is 2.06 bits per heavy atom. The number of fused-ring (bicyclic) bond motifs is 1. The van der Waals surface area contributed by atoms with Gasteiger partial charge < -0.3 is 4.57 Å². The van der Waals surface area contributed by atoms with Crippen LogP contribution in [0.3, 0.4) is 0 Å². The SMILES string of the molecule is c1cnc2ccc(C3(n4ccnc4)CC3)cc2c1. The Labute approximate surface area is 105 Å². The second-order valence-electron chi connectivity index (χ2n) is 4.91. The van der Waals surface area contributed by atoms with Crippen molar-refractivity contribution in [2.24, 2.45) is 0 Å². The molecule has 1 fully saturated rings. The molecule has 1 aromatic carbocycles. The van der Waals surface area contributed by atoms with Gasteiger partial charge in [0.2, 0.25) is 0 Å². The molecule has 1 aliphatic rings. The lowest BCUT2D eigenvalue weighted by Crippen LogP contribution is -2.16. The van der Waals surface area contributed by atoms with Crippen molar-refractivity contribution < 1.29 is 0 Å². The van der Waals surface area contributed by atoms with Crippen LogP contribution in [0.2, 0.25) is 0 Å². The molecule has 0 N–H and O–H groups in total. The molecule has 4 rings (SSSR count). The Morgan fingerprint density at radius 3 is 2.83 bits per heavy atom. The number of hydrogen-bond donors (Lipinski definition) is 0. The third-order valence-electron chi connectivity index (χ3n) is 3.86. The summed E-state index contributed by atoms with van der Waals surface area (Å²) in [6, 6.07) is 10.7. The van der Waals surface area contributed by atoms with Gasteiger partial charge in [-0.15, -0.1) is 0 Å². The van der Waals surface area contributed by atoms with Gasteiger partial charge in [-0.2, -0.15) is 0 Å². The van der Waals surface area contributed by atoms with Crippen molar-refractivity contribution in [3.05, 3.63) is 60.8 Å². The van der Waals surface area contributed by atoms with Crippen molar-refractivity contribution in [2.75, 3.05) is 0 Å². The fourth-order valence-electron chi connectivity index (χ4n) is 2.69. The summed E-state index contributed by atoms with van der Waals surface area (Å²) in [7, 11) is 0. The van der Waals surface area contributed by atoms with Crippen LogP contribution in [0.5, 0.6) is 0 Å². The van der Waals surface area contributed by atoms with Crippen molar-refractivity contribution >= 4 is 10.9 Å². The van der Waals surface area contributed by atoms with E-state index in [0.717, 1.165) is 5.52 Å². The van der Waals surface area contributed by atoms with Crippen LogP contribution in [0.1, 0.15) is 18.4 Å². The zero-order valence-electron chi connectivity index (χ0n) is 9.95. The highest BCUT2D eigenvalue weighted by atomic mass is 15.1. The van der Waals surface area contributed by atoms with Gasteiger partial charge in [-0.1, -0.05) is 12.1 Å². The first-order valence-electron chi connectivity index (χ1n) is 6.22. The topological polar surface area (TPSA) is 30.7 Å². The van der Waals surface area contributed by atoms with E-state index in [2.05, 4.69) is 45.0 Å². The number of benzene rings is 1. The van der Waals surface area contributed by atoms with Gasteiger partial charge in [0.05, 0.1) is 17.4 Å². The van der Waals surface area contributed by atoms with Crippen molar-refractivity contribution in [1.29, 1.82) is 0 Å². The first-order valence-corrected chi connectivity index (χ1v) is 6.22. The quantitative estimate of drug-likeness (QED) is 0.683. The summed E-state index contributed by atoms with van der Waals surface area (Å²) >= 11 is 0. The number of nitrogens with zero attached hydrogens (tertiary/aromatic N) is 3. The van der Waals surface area contributed by atoms with Crippen molar-refractivity contribution in [2.45, 2.75) is 18.4 Å². The second-order valence-corrected chi connectivity index (χ2v) is 4.91. The van der Waals surface area contributed by atoms with Gasteiger partial charge in [-0.3, -0.25) is 4.98 Å². The van der Waals surface area contributed by atoms with Crippen LogP contribution in [0.25, 0.3) is 10.9 Å². The molecule has 3 heteroatoms. The summed E-state index contributed by atoms with van der Waals surface area (Å²) in [6.07, 6.45) is 10.0. The van der Waals surface area contributed by atoms with E-state index in [1.807, 2.05) is 24.8 Å². The smallest absolute Gasteiger partial charge is 0.0953 e. The van der Waals surface area contributed by atoms with Crippen molar-refractivity contribution in [1.82, 2.24) is 14.5 Å². The van der Waals surface area contributed by atoms with E-state index < -0.39 is 0 Å². The van der Waals surface area contributed by atoms with Crippen LogP contribution in [0.4, 0.5) is 0 Å². The van der Waals surface area contributed by atoms with Crippen molar-refractivity contribution in [3.63, 3.8) is 0 Å². The number of aromatic nitrogens is 3. The molecule has 3 nitrogen and oxygen atoms in total. The molecule has 0 unspecified atom stereocenters. The summed E-state index contributed by atoms with van der Waals surface area (Å²) in [5, 5.41) is 1.21. The van der Waals surface area contributed by atoms with Crippen LogP contribution < -0.4 is 0 Å². The van der Waals surface area contributed by atoms with Gasteiger partial charge in [-0.05, 0) is 36.6 Å². The summed E-state index contributed by atoms with van der Waals surface area (Å²) in [6.45, 7) is 0. The lowest BCUT2D eigenvalue weighted by molar-refractivity contribution is 0.573. The van der Waals surface area contributed by atoms with Crippen LogP contribution in [0.15, 0.2) is 55.2 Å². The monoisotopic (exact) mass is 235 g/mol. The summed E-state index contributed by atoms with van der Waals surface area (Å²) in [5.74, 6) is 0. The molecule has 3 aromatic rings. The molecule has 1 aliphatic carbocycles. The maximum absolute atomic E-state index is 4.37. The summed E-state index contributed by atoms with van der Waals surface area (Å²) < 4.78 is 2.23. The lowest BCUT2D eigenvalue weighted by atomic mass is 10.0. The molecule has 0 radical (unpaired) electrons. The fourth-order valence-corrected chi connectivity index (χ4v) is 2.69. The highest BCUT2D eigenvalue weighted by Gasteiger charge is 2.45. The molecule has 1 saturated carbocycles. The molecule has 0 spiro atoms. The Hall–Kier alpha value is -2.16. The maximum Gasteiger partial charge on any atom is 0.0953 e. The molecule has 0 aliphatic heterocycles. The molecule has 0 atom stereocenters. The molecule has 2 heterocycles. The van der Waals surface area contributed by atoms with Gasteiger partial charge in [0.25, 0.3) is 0 Å². The third kappa shape index (κ3) is 1.30. The van der Waals surface area contributed by atoms with Crippen molar-refractivity contribution in [3.8, 4) is 0 Å². The van der Waals surface area contributed by atoms with E-state index in [0.29, 0.717) is 0 Å². The van der Waals surface area contributed by atoms with E-state index >= 15 is 0 Å². The molecule has 2 aromatic heterocycles. The molecular weight excluding hydrogens is 222 g/mol. The highest BCUT2D eigenvalue weighted by molar-refractivity contribution is 5.79.